The Kier molecular flexibility index (Phi) is 3.23. The van der Waals surface area contributed by atoms with Crippen molar-refractivity contribution in [1.29, 1.82) is 0 Å². The fourth-order valence-electron chi connectivity index (χ4n) is 2.71. The molecule has 0 saturated heterocycles. The number of benzene rings is 3. The van der Waals surface area contributed by atoms with Crippen molar-refractivity contribution in [2.45, 2.75) is 6.18 Å². The zero-order valence-corrected chi connectivity index (χ0v) is 12.4. The summed E-state index contributed by atoms with van der Waals surface area (Å²) in [5.41, 5.74) is 0.660. The van der Waals surface area contributed by atoms with Gasteiger partial charge in [-0.1, -0.05) is 48.5 Å². The molecule has 118 valence electrons. The number of nitrogens with zero attached hydrogens (tertiary/aromatic N) is 2. The van der Waals surface area contributed by atoms with E-state index in [1.54, 1.807) is 6.20 Å². The molecule has 0 atom stereocenters. The van der Waals surface area contributed by atoms with Gasteiger partial charge in [0.05, 0.1) is 11.1 Å². The van der Waals surface area contributed by atoms with E-state index in [2.05, 4.69) is 9.97 Å². The van der Waals surface area contributed by atoms with Crippen LogP contribution in [-0.4, -0.2) is 9.97 Å². The molecule has 0 aliphatic carbocycles. The molecule has 3 aromatic carbocycles. The lowest BCUT2D eigenvalue weighted by atomic mass is 10.1. The van der Waals surface area contributed by atoms with Crippen LogP contribution in [0.25, 0.3) is 33.1 Å². The van der Waals surface area contributed by atoms with E-state index < -0.39 is 11.7 Å². The molecule has 0 radical (unpaired) electrons. The van der Waals surface area contributed by atoms with E-state index in [1.807, 2.05) is 36.4 Å². The van der Waals surface area contributed by atoms with Gasteiger partial charge in [0, 0.05) is 22.5 Å². The summed E-state index contributed by atoms with van der Waals surface area (Å²) < 4.78 is 38.0. The van der Waals surface area contributed by atoms with Crippen LogP contribution in [-0.2, 0) is 6.18 Å². The van der Waals surface area contributed by atoms with Crippen LogP contribution in [0.15, 0.2) is 66.9 Å². The number of halogens is 3. The van der Waals surface area contributed by atoms with Crippen LogP contribution < -0.4 is 0 Å². The number of fused-ring (bicyclic) bond motifs is 3. The molecule has 1 aromatic heterocycles. The van der Waals surface area contributed by atoms with Gasteiger partial charge in [0.25, 0.3) is 0 Å². The maximum atomic E-state index is 12.7. The Bertz CT molecular complexity index is 1040. The number of hydrogen-bond donors (Lipinski definition) is 0. The van der Waals surface area contributed by atoms with Gasteiger partial charge in [-0.2, -0.15) is 13.2 Å². The molecule has 4 aromatic rings. The monoisotopic (exact) mass is 324 g/mol. The number of rotatable bonds is 1. The van der Waals surface area contributed by atoms with Crippen molar-refractivity contribution in [2.24, 2.45) is 0 Å². The van der Waals surface area contributed by atoms with Gasteiger partial charge in [0.15, 0.2) is 5.82 Å². The van der Waals surface area contributed by atoms with E-state index in [-0.39, 0.29) is 0 Å². The molecular weight excluding hydrogens is 313 g/mol. The molecule has 1 heterocycles. The van der Waals surface area contributed by atoms with Crippen LogP contribution >= 0.6 is 0 Å². The van der Waals surface area contributed by atoms with Crippen molar-refractivity contribution >= 4 is 21.7 Å². The molecule has 0 aliphatic rings. The van der Waals surface area contributed by atoms with Gasteiger partial charge in [-0.25, -0.2) is 9.97 Å². The fraction of sp³-hybridized carbons (Fsp3) is 0.0526. The quantitative estimate of drug-likeness (QED) is 0.434. The molecule has 5 heteroatoms. The Morgan fingerprint density at radius 2 is 1.46 bits per heavy atom. The molecule has 4 rings (SSSR count). The van der Waals surface area contributed by atoms with Crippen molar-refractivity contribution < 1.29 is 13.2 Å². The third-order valence-electron chi connectivity index (χ3n) is 3.95. The summed E-state index contributed by atoms with van der Waals surface area (Å²) in [5, 5.41) is 2.94. The van der Waals surface area contributed by atoms with E-state index in [0.717, 1.165) is 33.8 Å². The lowest BCUT2D eigenvalue weighted by molar-refractivity contribution is -0.137. The summed E-state index contributed by atoms with van der Waals surface area (Å²) in [6, 6.07) is 16.7. The molecule has 0 aliphatic heterocycles. The summed E-state index contributed by atoms with van der Waals surface area (Å²) >= 11 is 0. The standard InChI is InChI=1S/C19H11F3N2/c20-19(21,22)15-9-7-13(8-10-15)18-23-11-14-6-5-12-3-1-2-4-16(12)17(14)24-18/h1-11H. The summed E-state index contributed by atoms with van der Waals surface area (Å²) in [5.74, 6) is 0.410. The highest BCUT2D eigenvalue weighted by Gasteiger charge is 2.30. The Hall–Kier alpha value is -2.95. The van der Waals surface area contributed by atoms with Gasteiger partial charge >= 0.3 is 6.18 Å². The molecule has 0 amide bonds. The molecule has 2 nitrogen and oxygen atoms in total. The van der Waals surface area contributed by atoms with E-state index in [0.29, 0.717) is 11.4 Å². The first-order valence-electron chi connectivity index (χ1n) is 7.34. The van der Waals surface area contributed by atoms with Crippen molar-refractivity contribution in [2.75, 3.05) is 0 Å². The SMILES string of the molecule is FC(F)(F)c1ccc(-c2ncc3ccc4ccccc4c3n2)cc1. The lowest BCUT2D eigenvalue weighted by Crippen LogP contribution is -2.04. The fourth-order valence-corrected chi connectivity index (χ4v) is 2.71. The van der Waals surface area contributed by atoms with Crippen LogP contribution in [0.1, 0.15) is 5.56 Å². The van der Waals surface area contributed by atoms with E-state index in [1.165, 1.54) is 12.1 Å². The first kappa shape index (κ1) is 14.6. The second-order valence-electron chi connectivity index (χ2n) is 5.49. The summed E-state index contributed by atoms with van der Waals surface area (Å²) in [6.07, 6.45) is -2.65. The minimum absolute atomic E-state index is 0.410. The molecule has 0 N–H and O–H groups in total. The summed E-state index contributed by atoms with van der Waals surface area (Å²) in [7, 11) is 0. The summed E-state index contributed by atoms with van der Waals surface area (Å²) in [4.78, 5) is 8.86. The minimum Gasteiger partial charge on any atom is -0.236 e. The smallest absolute Gasteiger partial charge is 0.236 e. The Morgan fingerprint density at radius 1 is 0.750 bits per heavy atom. The third-order valence-corrected chi connectivity index (χ3v) is 3.95. The van der Waals surface area contributed by atoms with Crippen LogP contribution in [0.4, 0.5) is 13.2 Å². The summed E-state index contributed by atoms with van der Waals surface area (Å²) in [6.45, 7) is 0. The highest BCUT2D eigenvalue weighted by molar-refractivity contribution is 6.05. The predicted octanol–water partition coefficient (Wildman–Crippen LogP) is 5.47. The molecule has 24 heavy (non-hydrogen) atoms. The molecule has 0 saturated carbocycles. The molecule has 0 bridgehead atoms. The van der Waals surface area contributed by atoms with Gasteiger partial charge in [0.2, 0.25) is 0 Å². The first-order valence-corrected chi connectivity index (χ1v) is 7.34. The Labute approximate surface area is 135 Å². The van der Waals surface area contributed by atoms with Crippen LogP contribution in [0.2, 0.25) is 0 Å². The zero-order chi connectivity index (χ0) is 16.7. The second kappa shape index (κ2) is 5.30. The number of alkyl halides is 3. The molecule has 0 unspecified atom stereocenters. The predicted molar refractivity (Wildman–Crippen MR) is 87.5 cm³/mol. The number of aromatic nitrogens is 2. The highest BCUT2D eigenvalue weighted by atomic mass is 19.4. The number of hydrogen-bond acceptors (Lipinski definition) is 2. The van der Waals surface area contributed by atoms with E-state index >= 15 is 0 Å². The minimum atomic E-state index is -4.35. The topological polar surface area (TPSA) is 25.8 Å². The average molecular weight is 324 g/mol. The van der Waals surface area contributed by atoms with Crippen molar-refractivity contribution in [3.05, 3.63) is 72.4 Å². The Morgan fingerprint density at radius 3 is 2.21 bits per heavy atom. The van der Waals surface area contributed by atoms with E-state index in [4.69, 9.17) is 0 Å². The van der Waals surface area contributed by atoms with Crippen LogP contribution in [0.5, 0.6) is 0 Å². The van der Waals surface area contributed by atoms with Crippen LogP contribution in [0, 0.1) is 0 Å². The van der Waals surface area contributed by atoms with Crippen molar-refractivity contribution in [1.82, 2.24) is 9.97 Å². The normalized spacial score (nSPS) is 12.0. The average Bonchev–Trinajstić information content (AvgIpc) is 2.60. The lowest BCUT2D eigenvalue weighted by Gasteiger charge is -2.08. The van der Waals surface area contributed by atoms with Gasteiger partial charge in [0.1, 0.15) is 0 Å². The largest absolute Gasteiger partial charge is 0.416 e. The van der Waals surface area contributed by atoms with Gasteiger partial charge < -0.3 is 0 Å². The maximum Gasteiger partial charge on any atom is 0.416 e. The maximum absolute atomic E-state index is 12.7. The van der Waals surface area contributed by atoms with Gasteiger partial charge in [-0.15, -0.1) is 0 Å². The van der Waals surface area contributed by atoms with Crippen LogP contribution in [0.3, 0.4) is 0 Å². The van der Waals surface area contributed by atoms with Gasteiger partial charge in [-0.3, -0.25) is 0 Å². The van der Waals surface area contributed by atoms with Gasteiger partial charge in [-0.05, 0) is 17.5 Å². The zero-order valence-electron chi connectivity index (χ0n) is 12.4. The van der Waals surface area contributed by atoms with Crippen molar-refractivity contribution in [3.8, 4) is 11.4 Å². The molecule has 0 spiro atoms. The first-order chi connectivity index (χ1) is 11.5. The Balaban J connectivity index is 1.86. The molecule has 0 fully saturated rings. The van der Waals surface area contributed by atoms with Crippen molar-refractivity contribution in [3.63, 3.8) is 0 Å². The second-order valence-corrected chi connectivity index (χ2v) is 5.49. The third kappa shape index (κ3) is 2.48. The highest BCUT2D eigenvalue weighted by Crippen LogP contribution is 2.31. The molecular formula is C19H11F3N2. The van der Waals surface area contributed by atoms with E-state index in [9.17, 15) is 13.2 Å².